The van der Waals surface area contributed by atoms with Crippen molar-refractivity contribution in [2.75, 3.05) is 13.2 Å². The van der Waals surface area contributed by atoms with Gasteiger partial charge in [0.05, 0.1) is 25.6 Å². The molecule has 0 aliphatic heterocycles. The SMILES string of the molecule is C[Si](C)(C)CCOC(=O)C[C@H](Cc1ccccc1)C(=O)OCC[Si](C)(C)C. The molecule has 0 radical (unpaired) electrons. The summed E-state index contributed by atoms with van der Waals surface area (Å²) in [6, 6.07) is 11.6. The van der Waals surface area contributed by atoms with Crippen LogP contribution in [-0.4, -0.2) is 41.3 Å². The largest absolute Gasteiger partial charge is 0.466 e. The Morgan fingerprint density at radius 1 is 0.852 bits per heavy atom. The van der Waals surface area contributed by atoms with Gasteiger partial charge in [0.15, 0.2) is 0 Å². The van der Waals surface area contributed by atoms with Gasteiger partial charge in [-0.3, -0.25) is 9.59 Å². The molecule has 4 nitrogen and oxygen atoms in total. The van der Waals surface area contributed by atoms with Crippen molar-refractivity contribution >= 4 is 28.1 Å². The molecule has 0 N–H and O–H groups in total. The molecule has 27 heavy (non-hydrogen) atoms. The molecule has 0 fully saturated rings. The summed E-state index contributed by atoms with van der Waals surface area (Å²) in [5.41, 5.74) is 1.03. The molecule has 0 unspecified atom stereocenters. The first-order chi connectivity index (χ1) is 12.5. The molecule has 1 atom stereocenters. The first-order valence-electron chi connectivity index (χ1n) is 9.82. The van der Waals surface area contributed by atoms with E-state index < -0.39 is 22.1 Å². The lowest BCUT2D eigenvalue weighted by Crippen LogP contribution is -2.28. The molecule has 0 aliphatic rings. The maximum Gasteiger partial charge on any atom is 0.309 e. The zero-order valence-corrected chi connectivity index (χ0v) is 19.8. The van der Waals surface area contributed by atoms with E-state index in [1.54, 1.807) is 0 Å². The summed E-state index contributed by atoms with van der Waals surface area (Å²) in [5, 5.41) is 0. The Hall–Kier alpha value is -1.41. The molecular weight excluding hydrogens is 372 g/mol. The van der Waals surface area contributed by atoms with Crippen LogP contribution in [0.25, 0.3) is 0 Å². The average molecular weight is 409 g/mol. The zero-order valence-electron chi connectivity index (χ0n) is 17.8. The second-order valence-electron chi connectivity index (χ2n) is 9.60. The minimum atomic E-state index is -1.27. The van der Waals surface area contributed by atoms with Crippen LogP contribution >= 0.6 is 0 Å². The average Bonchev–Trinajstić information content (AvgIpc) is 2.52. The number of ether oxygens (including phenoxy) is 2. The van der Waals surface area contributed by atoms with Gasteiger partial charge in [0.25, 0.3) is 0 Å². The molecule has 0 heterocycles. The third kappa shape index (κ3) is 11.8. The van der Waals surface area contributed by atoms with E-state index in [-0.39, 0.29) is 18.4 Å². The minimum absolute atomic E-state index is 0.0758. The van der Waals surface area contributed by atoms with E-state index in [9.17, 15) is 9.59 Å². The number of hydrogen-bond acceptors (Lipinski definition) is 4. The molecule has 0 spiro atoms. The zero-order chi connectivity index (χ0) is 20.5. The van der Waals surface area contributed by atoms with Crippen LogP contribution in [0.3, 0.4) is 0 Å². The molecule has 0 bridgehead atoms. The van der Waals surface area contributed by atoms with Crippen LogP contribution in [0.4, 0.5) is 0 Å². The predicted octanol–water partition coefficient (Wildman–Crippen LogP) is 5.00. The number of carbonyl (C=O) groups is 2. The van der Waals surface area contributed by atoms with Gasteiger partial charge >= 0.3 is 11.9 Å². The first kappa shape index (κ1) is 23.6. The number of esters is 2. The Morgan fingerprint density at radius 3 is 1.89 bits per heavy atom. The topological polar surface area (TPSA) is 52.6 Å². The molecule has 1 aromatic carbocycles. The third-order valence-electron chi connectivity index (χ3n) is 4.28. The van der Waals surface area contributed by atoms with Crippen molar-refractivity contribution < 1.29 is 19.1 Å². The number of hydrogen-bond donors (Lipinski definition) is 0. The van der Waals surface area contributed by atoms with Gasteiger partial charge < -0.3 is 9.47 Å². The Balaban J connectivity index is 2.64. The number of benzene rings is 1. The molecule has 0 saturated heterocycles. The van der Waals surface area contributed by atoms with Gasteiger partial charge in [0, 0.05) is 16.1 Å². The van der Waals surface area contributed by atoms with Crippen molar-refractivity contribution in [3.05, 3.63) is 35.9 Å². The fraction of sp³-hybridized carbons (Fsp3) is 0.619. The second-order valence-corrected chi connectivity index (χ2v) is 20.8. The highest BCUT2D eigenvalue weighted by molar-refractivity contribution is 6.76. The second kappa shape index (κ2) is 10.8. The van der Waals surface area contributed by atoms with Gasteiger partial charge in [-0.1, -0.05) is 69.6 Å². The van der Waals surface area contributed by atoms with Crippen LogP contribution < -0.4 is 0 Å². The molecule has 1 rings (SSSR count). The minimum Gasteiger partial charge on any atom is -0.466 e. The summed E-state index contributed by atoms with van der Waals surface area (Å²) in [7, 11) is -2.51. The summed E-state index contributed by atoms with van der Waals surface area (Å²) in [4.78, 5) is 24.9. The molecule has 0 aromatic heterocycles. The highest BCUT2D eigenvalue weighted by Gasteiger charge is 2.26. The van der Waals surface area contributed by atoms with E-state index in [2.05, 4.69) is 39.3 Å². The Labute approximate surface area is 166 Å². The van der Waals surface area contributed by atoms with Crippen LogP contribution in [0.1, 0.15) is 12.0 Å². The van der Waals surface area contributed by atoms with Crippen molar-refractivity contribution in [2.45, 2.75) is 64.2 Å². The monoisotopic (exact) mass is 408 g/mol. The van der Waals surface area contributed by atoms with Crippen LogP contribution in [0, 0.1) is 5.92 Å². The third-order valence-corrected chi connectivity index (χ3v) is 7.69. The summed E-state index contributed by atoms with van der Waals surface area (Å²) in [6.45, 7) is 14.4. The lowest BCUT2D eigenvalue weighted by Gasteiger charge is -2.19. The van der Waals surface area contributed by atoms with Crippen molar-refractivity contribution in [1.82, 2.24) is 0 Å². The van der Waals surface area contributed by atoms with E-state index in [4.69, 9.17) is 9.47 Å². The standard InChI is InChI=1S/C21H36O4Si2/c1-26(2,3)14-12-24-20(22)17-19(16-18-10-8-7-9-11-18)21(23)25-13-15-27(4,5)6/h7-11,19H,12-17H2,1-6H3/t19-/m0/s1. The Morgan fingerprint density at radius 2 is 1.37 bits per heavy atom. The molecule has 1 aromatic rings. The maximum atomic E-state index is 12.6. The van der Waals surface area contributed by atoms with E-state index in [1.165, 1.54) is 0 Å². The van der Waals surface area contributed by atoms with E-state index in [0.29, 0.717) is 19.6 Å². The molecule has 6 heteroatoms. The van der Waals surface area contributed by atoms with Crippen LogP contribution in [0.5, 0.6) is 0 Å². The van der Waals surface area contributed by atoms with Crippen LogP contribution in [0.15, 0.2) is 30.3 Å². The van der Waals surface area contributed by atoms with E-state index >= 15 is 0 Å². The molecule has 152 valence electrons. The summed E-state index contributed by atoms with van der Waals surface area (Å²) in [6.07, 6.45) is 0.572. The van der Waals surface area contributed by atoms with Gasteiger partial charge in [0.1, 0.15) is 0 Å². The summed E-state index contributed by atoms with van der Waals surface area (Å²) in [5.74, 6) is -1.09. The lowest BCUT2D eigenvalue weighted by molar-refractivity contribution is -0.154. The summed E-state index contributed by atoms with van der Waals surface area (Å²) < 4.78 is 10.9. The highest BCUT2D eigenvalue weighted by atomic mass is 28.3. The Kier molecular flexibility index (Phi) is 9.46. The molecular formula is C21H36O4Si2. The first-order valence-corrected chi connectivity index (χ1v) is 17.2. The fourth-order valence-corrected chi connectivity index (χ4v) is 3.87. The molecule has 0 saturated carbocycles. The normalized spacial score (nSPS) is 13.1. The quantitative estimate of drug-likeness (QED) is 0.382. The van der Waals surface area contributed by atoms with Gasteiger partial charge in [-0.05, 0) is 24.1 Å². The maximum absolute atomic E-state index is 12.6. The lowest BCUT2D eigenvalue weighted by atomic mass is 9.96. The van der Waals surface area contributed by atoms with E-state index in [1.807, 2.05) is 30.3 Å². The highest BCUT2D eigenvalue weighted by Crippen LogP contribution is 2.17. The Bertz CT molecular complexity index is 588. The van der Waals surface area contributed by atoms with Crippen molar-refractivity contribution in [2.24, 2.45) is 5.92 Å². The van der Waals surface area contributed by atoms with Gasteiger partial charge in [-0.2, -0.15) is 0 Å². The van der Waals surface area contributed by atoms with Crippen LogP contribution in [0.2, 0.25) is 51.4 Å². The number of rotatable bonds is 11. The van der Waals surface area contributed by atoms with Crippen molar-refractivity contribution in [3.63, 3.8) is 0 Å². The van der Waals surface area contributed by atoms with Gasteiger partial charge in [-0.25, -0.2) is 0 Å². The van der Waals surface area contributed by atoms with Crippen molar-refractivity contribution in [1.29, 1.82) is 0 Å². The van der Waals surface area contributed by atoms with Crippen molar-refractivity contribution in [3.8, 4) is 0 Å². The predicted molar refractivity (Wildman–Crippen MR) is 116 cm³/mol. The smallest absolute Gasteiger partial charge is 0.309 e. The van der Waals surface area contributed by atoms with E-state index in [0.717, 1.165) is 17.7 Å². The van der Waals surface area contributed by atoms with Gasteiger partial charge in [-0.15, -0.1) is 0 Å². The molecule has 0 aliphatic carbocycles. The number of carbonyl (C=O) groups excluding carboxylic acids is 2. The van der Waals surface area contributed by atoms with Crippen LogP contribution in [-0.2, 0) is 25.5 Å². The summed E-state index contributed by atoms with van der Waals surface area (Å²) >= 11 is 0. The fourth-order valence-electron chi connectivity index (χ4n) is 2.44. The molecule has 0 amide bonds. The van der Waals surface area contributed by atoms with Gasteiger partial charge in [0.2, 0.25) is 0 Å².